The molecule has 136 valence electrons. The lowest BCUT2D eigenvalue weighted by atomic mass is 9.99. The Hall–Kier alpha value is -1.24. The van der Waals surface area contributed by atoms with Crippen molar-refractivity contribution in [1.29, 1.82) is 0 Å². The number of urea groups is 1. The number of anilines is 1. The normalized spacial score (nSPS) is 19.4. The SMILES string of the molecule is O=C(NSC1CN(CCCO)C1)Nc1c2c(cc3c1CCC3)CCC2. The zero-order valence-electron chi connectivity index (χ0n) is 14.6. The molecular formula is C19H27N3O2S. The molecule has 0 bridgehead atoms. The number of amides is 2. The number of carbonyl (C=O) groups is 1. The van der Waals surface area contributed by atoms with Crippen LogP contribution in [-0.2, 0) is 25.7 Å². The lowest BCUT2D eigenvalue weighted by molar-refractivity contribution is 0.168. The van der Waals surface area contributed by atoms with Crippen molar-refractivity contribution >= 4 is 23.7 Å². The quantitative estimate of drug-likeness (QED) is 0.681. The summed E-state index contributed by atoms with van der Waals surface area (Å²) in [6.45, 7) is 3.17. The molecule has 1 aromatic carbocycles. The number of hydrogen-bond acceptors (Lipinski definition) is 4. The van der Waals surface area contributed by atoms with Crippen LogP contribution in [0.4, 0.5) is 10.5 Å². The van der Waals surface area contributed by atoms with Crippen LogP contribution in [0.5, 0.6) is 0 Å². The number of fused-ring (bicyclic) bond motifs is 2. The van der Waals surface area contributed by atoms with E-state index in [2.05, 4.69) is 21.0 Å². The van der Waals surface area contributed by atoms with E-state index in [0.717, 1.165) is 57.4 Å². The maximum Gasteiger partial charge on any atom is 0.329 e. The van der Waals surface area contributed by atoms with Crippen LogP contribution in [0, 0.1) is 0 Å². The van der Waals surface area contributed by atoms with Gasteiger partial charge in [0.05, 0.1) is 5.25 Å². The van der Waals surface area contributed by atoms with Gasteiger partial charge in [-0.15, -0.1) is 0 Å². The zero-order valence-corrected chi connectivity index (χ0v) is 15.5. The molecule has 0 saturated carbocycles. The first-order valence-corrected chi connectivity index (χ1v) is 10.3. The van der Waals surface area contributed by atoms with Gasteiger partial charge < -0.3 is 15.3 Å². The van der Waals surface area contributed by atoms with Crippen molar-refractivity contribution in [3.8, 4) is 0 Å². The van der Waals surface area contributed by atoms with Gasteiger partial charge in [0.2, 0.25) is 0 Å². The average Bonchev–Trinajstić information content (AvgIpc) is 3.21. The molecule has 3 N–H and O–H groups in total. The monoisotopic (exact) mass is 361 g/mol. The second kappa shape index (κ2) is 7.56. The minimum atomic E-state index is -0.0896. The molecular weight excluding hydrogens is 334 g/mol. The number of carbonyl (C=O) groups excluding carboxylic acids is 1. The highest BCUT2D eigenvalue weighted by Gasteiger charge is 2.28. The lowest BCUT2D eigenvalue weighted by Crippen LogP contribution is -2.50. The standard InChI is InChI=1S/C19H27N3O2S/c23-9-3-8-22-11-15(12-22)25-21-19(24)20-18-16-6-1-4-13(16)10-14-5-2-7-17(14)18/h10,15,23H,1-9,11-12H2,(H2,20,21,24). The van der Waals surface area contributed by atoms with Crippen molar-refractivity contribution in [1.82, 2.24) is 9.62 Å². The molecule has 6 heteroatoms. The molecule has 1 fully saturated rings. The predicted molar refractivity (Wildman–Crippen MR) is 102 cm³/mol. The smallest absolute Gasteiger partial charge is 0.329 e. The summed E-state index contributed by atoms with van der Waals surface area (Å²) in [5.41, 5.74) is 6.75. The minimum Gasteiger partial charge on any atom is -0.396 e. The number of rotatable bonds is 6. The molecule has 2 amide bonds. The fourth-order valence-corrected chi connectivity index (χ4v) is 5.21. The van der Waals surface area contributed by atoms with Crippen molar-refractivity contribution in [2.75, 3.05) is 31.6 Å². The van der Waals surface area contributed by atoms with Gasteiger partial charge in [-0.1, -0.05) is 6.07 Å². The van der Waals surface area contributed by atoms with Crippen molar-refractivity contribution in [2.45, 2.75) is 50.2 Å². The lowest BCUT2D eigenvalue weighted by Gasteiger charge is -2.38. The Kier molecular flexibility index (Phi) is 5.20. The molecule has 25 heavy (non-hydrogen) atoms. The van der Waals surface area contributed by atoms with Crippen LogP contribution in [0.15, 0.2) is 6.07 Å². The minimum absolute atomic E-state index is 0.0896. The number of aliphatic hydroxyl groups is 1. The molecule has 1 saturated heterocycles. The van der Waals surface area contributed by atoms with Crippen molar-refractivity contribution in [3.05, 3.63) is 28.3 Å². The van der Waals surface area contributed by atoms with Crippen LogP contribution < -0.4 is 10.0 Å². The Morgan fingerprint density at radius 1 is 1.16 bits per heavy atom. The molecule has 0 unspecified atom stereocenters. The van der Waals surface area contributed by atoms with Gasteiger partial charge in [-0.05, 0) is 79.1 Å². The highest BCUT2D eigenvalue weighted by atomic mass is 32.2. The Bertz CT molecular complexity index is 626. The number of aliphatic hydroxyl groups excluding tert-OH is 1. The van der Waals surface area contributed by atoms with Gasteiger partial charge in [-0.2, -0.15) is 0 Å². The molecule has 1 aromatic rings. The van der Waals surface area contributed by atoms with Crippen LogP contribution in [-0.4, -0.2) is 47.5 Å². The Labute approximate surface area is 153 Å². The summed E-state index contributed by atoms with van der Waals surface area (Å²) in [4.78, 5) is 14.7. The summed E-state index contributed by atoms with van der Waals surface area (Å²) in [7, 11) is 0. The summed E-state index contributed by atoms with van der Waals surface area (Å²) >= 11 is 1.53. The molecule has 3 aliphatic rings. The molecule has 1 heterocycles. The average molecular weight is 362 g/mol. The number of nitrogens with zero attached hydrogens (tertiary/aromatic N) is 1. The van der Waals surface area contributed by atoms with E-state index in [4.69, 9.17) is 5.11 Å². The van der Waals surface area contributed by atoms with Crippen molar-refractivity contribution in [3.63, 3.8) is 0 Å². The molecule has 5 nitrogen and oxygen atoms in total. The van der Waals surface area contributed by atoms with E-state index in [0.29, 0.717) is 5.25 Å². The third-order valence-corrected chi connectivity index (χ3v) is 6.52. The number of nitrogens with one attached hydrogen (secondary N) is 2. The van der Waals surface area contributed by atoms with Gasteiger partial charge in [-0.3, -0.25) is 4.72 Å². The molecule has 0 spiro atoms. The van der Waals surface area contributed by atoms with E-state index in [-0.39, 0.29) is 12.6 Å². The Morgan fingerprint density at radius 2 is 1.84 bits per heavy atom. The zero-order chi connectivity index (χ0) is 17.2. The van der Waals surface area contributed by atoms with E-state index in [1.54, 1.807) is 0 Å². The summed E-state index contributed by atoms with van der Waals surface area (Å²) in [5.74, 6) is 0. The number of benzene rings is 1. The van der Waals surface area contributed by atoms with Gasteiger partial charge >= 0.3 is 6.03 Å². The van der Waals surface area contributed by atoms with E-state index in [1.807, 2.05) is 0 Å². The second-order valence-corrected chi connectivity index (χ2v) is 8.47. The summed E-state index contributed by atoms with van der Waals surface area (Å²) in [5, 5.41) is 12.5. The summed E-state index contributed by atoms with van der Waals surface area (Å²) in [6, 6.07) is 2.30. The van der Waals surface area contributed by atoms with Crippen LogP contribution in [0.3, 0.4) is 0 Å². The molecule has 1 aliphatic heterocycles. The first-order valence-electron chi connectivity index (χ1n) is 9.47. The largest absolute Gasteiger partial charge is 0.396 e. The Balaban J connectivity index is 1.32. The first-order chi connectivity index (χ1) is 12.2. The van der Waals surface area contributed by atoms with Crippen LogP contribution in [0.1, 0.15) is 41.5 Å². The van der Waals surface area contributed by atoms with Gasteiger partial charge in [0.25, 0.3) is 0 Å². The molecule has 0 aromatic heterocycles. The van der Waals surface area contributed by atoms with E-state index < -0.39 is 0 Å². The third-order valence-electron chi connectivity index (χ3n) is 5.59. The molecule has 2 aliphatic carbocycles. The van der Waals surface area contributed by atoms with Gasteiger partial charge in [0.15, 0.2) is 0 Å². The van der Waals surface area contributed by atoms with Gasteiger partial charge in [0.1, 0.15) is 0 Å². The van der Waals surface area contributed by atoms with Gasteiger partial charge in [0, 0.05) is 31.9 Å². The maximum absolute atomic E-state index is 12.4. The molecule has 0 radical (unpaired) electrons. The van der Waals surface area contributed by atoms with Crippen molar-refractivity contribution < 1.29 is 9.90 Å². The predicted octanol–water partition coefficient (Wildman–Crippen LogP) is 2.50. The molecule has 0 atom stereocenters. The highest BCUT2D eigenvalue weighted by molar-refractivity contribution is 7.98. The highest BCUT2D eigenvalue weighted by Crippen LogP contribution is 2.38. The number of hydrogen-bond donors (Lipinski definition) is 3. The second-order valence-electron chi connectivity index (χ2n) is 7.37. The number of likely N-dealkylation sites (tertiary alicyclic amines) is 1. The van der Waals surface area contributed by atoms with Crippen LogP contribution in [0.2, 0.25) is 0 Å². The first kappa shape index (κ1) is 17.2. The third kappa shape index (κ3) is 3.66. The summed E-state index contributed by atoms with van der Waals surface area (Å²) in [6.07, 6.45) is 7.72. The van der Waals surface area contributed by atoms with E-state index >= 15 is 0 Å². The number of aryl methyl sites for hydroxylation is 2. The van der Waals surface area contributed by atoms with Crippen molar-refractivity contribution in [2.24, 2.45) is 0 Å². The van der Waals surface area contributed by atoms with Crippen LogP contribution in [0.25, 0.3) is 0 Å². The molecule has 4 rings (SSSR count). The fourth-order valence-electron chi connectivity index (χ4n) is 4.32. The summed E-state index contributed by atoms with van der Waals surface area (Å²) < 4.78 is 2.98. The van der Waals surface area contributed by atoms with Gasteiger partial charge in [-0.25, -0.2) is 4.79 Å². The van der Waals surface area contributed by atoms with E-state index in [9.17, 15) is 4.79 Å². The topological polar surface area (TPSA) is 64.6 Å². The maximum atomic E-state index is 12.4. The van der Waals surface area contributed by atoms with E-state index in [1.165, 1.54) is 47.0 Å². The Morgan fingerprint density at radius 3 is 2.48 bits per heavy atom. The fraction of sp³-hybridized carbons (Fsp3) is 0.632. The van der Waals surface area contributed by atoms with Crippen LogP contribution >= 0.6 is 11.9 Å².